The van der Waals surface area contributed by atoms with Crippen LogP contribution in [0.15, 0.2) is 12.2 Å². The molecule has 3 fully saturated rings. The number of rotatable bonds is 4. The molecule has 1 saturated carbocycles. The molecule has 2 saturated heterocycles. The number of allylic oxidation sites excluding steroid dienone is 2. The lowest BCUT2D eigenvalue weighted by molar-refractivity contribution is -0.147. The van der Waals surface area contributed by atoms with Gasteiger partial charge >= 0.3 is 6.09 Å². The summed E-state index contributed by atoms with van der Waals surface area (Å²) in [5, 5.41) is 2.79. The Morgan fingerprint density at radius 2 is 1.63 bits per heavy atom. The van der Waals surface area contributed by atoms with Crippen LogP contribution in [0.2, 0.25) is 0 Å². The van der Waals surface area contributed by atoms with Crippen molar-refractivity contribution in [1.29, 1.82) is 0 Å². The van der Waals surface area contributed by atoms with Crippen molar-refractivity contribution >= 4 is 23.8 Å². The largest absolute Gasteiger partial charge is 0.444 e. The normalized spacial score (nSPS) is 30.8. The molecule has 164 valence electrons. The second-order valence-corrected chi connectivity index (χ2v) is 9.97. The van der Waals surface area contributed by atoms with E-state index in [0.29, 0.717) is 19.6 Å². The molecule has 0 spiro atoms. The van der Waals surface area contributed by atoms with Gasteiger partial charge in [-0.25, -0.2) is 4.79 Å². The number of fused-ring (bicyclic) bond motifs is 5. The van der Waals surface area contributed by atoms with Crippen LogP contribution in [0.5, 0.6) is 0 Å². The average molecular weight is 418 g/mol. The summed E-state index contributed by atoms with van der Waals surface area (Å²) in [6, 6.07) is 0. The van der Waals surface area contributed by atoms with E-state index >= 15 is 0 Å². The van der Waals surface area contributed by atoms with Crippen LogP contribution in [0.3, 0.4) is 0 Å². The highest BCUT2D eigenvalue weighted by Crippen LogP contribution is 2.52. The molecule has 0 aromatic heterocycles. The SMILES string of the molecule is CC(C)(C)OC(=O)NCC1CCN(C(=O)CN2C(=O)C3C4C=CC(C4)C3C2=O)CC1. The lowest BCUT2D eigenvalue weighted by Crippen LogP contribution is -2.47. The zero-order chi connectivity index (χ0) is 21.6. The highest BCUT2D eigenvalue weighted by atomic mass is 16.6. The molecule has 2 aliphatic carbocycles. The van der Waals surface area contributed by atoms with E-state index in [1.165, 1.54) is 4.90 Å². The number of hydrogen-bond acceptors (Lipinski definition) is 5. The molecule has 4 amide bonds. The van der Waals surface area contributed by atoms with Gasteiger partial charge in [0.25, 0.3) is 0 Å². The third-order valence-corrected chi connectivity index (χ3v) is 6.76. The van der Waals surface area contributed by atoms with Crippen LogP contribution in [-0.4, -0.2) is 65.4 Å². The number of piperidine rings is 1. The number of nitrogens with zero attached hydrogens (tertiary/aromatic N) is 2. The first-order valence-electron chi connectivity index (χ1n) is 10.9. The minimum Gasteiger partial charge on any atom is -0.444 e. The summed E-state index contributed by atoms with van der Waals surface area (Å²) in [7, 11) is 0. The van der Waals surface area contributed by atoms with Crippen LogP contribution in [0, 0.1) is 29.6 Å². The molecule has 0 aromatic rings. The molecule has 0 radical (unpaired) electrons. The monoisotopic (exact) mass is 417 g/mol. The van der Waals surface area contributed by atoms with Gasteiger partial charge in [0.15, 0.2) is 0 Å². The highest BCUT2D eigenvalue weighted by molar-refractivity contribution is 6.08. The molecular formula is C22H31N3O5. The zero-order valence-electron chi connectivity index (χ0n) is 17.9. The topological polar surface area (TPSA) is 96.0 Å². The minimum atomic E-state index is -0.529. The second kappa shape index (κ2) is 7.71. The average Bonchev–Trinajstić information content (AvgIpc) is 3.35. The van der Waals surface area contributed by atoms with Gasteiger partial charge in [0, 0.05) is 19.6 Å². The van der Waals surface area contributed by atoms with E-state index in [1.54, 1.807) is 4.90 Å². The Balaban J connectivity index is 1.23. The summed E-state index contributed by atoms with van der Waals surface area (Å²) >= 11 is 0. The highest BCUT2D eigenvalue weighted by Gasteiger charge is 2.59. The molecule has 8 nitrogen and oxygen atoms in total. The molecule has 2 heterocycles. The number of hydrogen-bond donors (Lipinski definition) is 1. The summed E-state index contributed by atoms with van der Waals surface area (Å²) in [6.07, 6.45) is 6.10. The van der Waals surface area contributed by atoms with E-state index < -0.39 is 11.7 Å². The standard InChI is InChI=1S/C22H31N3O5/c1-22(2,3)30-21(29)23-11-13-6-8-24(9-7-13)16(26)12-25-19(27)17-14-4-5-15(10-14)18(17)20(25)28/h4-5,13-15,17-18H,6-12H2,1-3H3,(H,23,29). The van der Waals surface area contributed by atoms with Gasteiger partial charge in [-0.15, -0.1) is 0 Å². The van der Waals surface area contributed by atoms with Crippen LogP contribution < -0.4 is 5.32 Å². The van der Waals surface area contributed by atoms with Gasteiger partial charge in [-0.2, -0.15) is 0 Å². The van der Waals surface area contributed by atoms with Crippen molar-refractivity contribution < 1.29 is 23.9 Å². The Morgan fingerprint density at radius 1 is 1.07 bits per heavy atom. The Hall–Kier alpha value is -2.38. The fourth-order valence-electron chi connectivity index (χ4n) is 5.28. The zero-order valence-corrected chi connectivity index (χ0v) is 17.9. The van der Waals surface area contributed by atoms with Crippen molar-refractivity contribution in [2.75, 3.05) is 26.2 Å². The van der Waals surface area contributed by atoms with Crippen molar-refractivity contribution in [3.8, 4) is 0 Å². The number of alkyl carbamates (subject to hydrolysis) is 1. The fourth-order valence-corrected chi connectivity index (χ4v) is 5.28. The second-order valence-electron chi connectivity index (χ2n) is 9.97. The first-order valence-corrected chi connectivity index (χ1v) is 10.9. The third kappa shape index (κ3) is 3.96. The molecule has 4 aliphatic rings. The lowest BCUT2D eigenvalue weighted by atomic mass is 9.85. The Kier molecular flexibility index (Phi) is 5.36. The van der Waals surface area contributed by atoms with Crippen molar-refractivity contribution in [3.63, 3.8) is 0 Å². The van der Waals surface area contributed by atoms with E-state index in [2.05, 4.69) is 17.5 Å². The summed E-state index contributed by atoms with van der Waals surface area (Å²) < 4.78 is 5.24. The quantitative estimate of drug-likeness (QED) is 0.553. The van der Waals surface area contributed by atoms with Gasteiger partial charge in [-0.1, -0.05) is 12.2 Å². The van der Waals surface area contributed by atoms with Crippen molar-refractivity contribution in [2.24, 2.45) is 29.6 Å². The van der Waals surface area contributed by atoms with E-state index in [4.69, 9.17) is 4.74 Å². The number of nitrogens with one attached hydrogen (secondary N) is 1. The number of carbonyl (C=O) groups is 4. The maximum absolute atomic E-state index is 12.8. The van der Waals surface area contributed by atoms with Crippen molar-refractivity contribution in [2.45, 2.75) is 45.6 Å². The first kappa shape index (κ1) is 20.9. The Labute approximate surface area is 177 Å². The van der Waals surface area contributed by atoms with Crippen LogP contribution in [0.1, 0.15) is 40.0 Å². The first-order chi connectivity index (χ1) is 14.1. The molecule has 4 atom stereocenters. The maximum Gasteiger partial charge on any atom is 0.407 e. The fraction of sp³-hybridized carbons (Fsp3) is 0.727. The van der Waals surface area contributed by atoms with Crippen LogP contribution in [0.4, 0.5) is 4.79 Å². The number of amides is 4. The third-order valence-electron chi connectivity index (χ3n) is 6.76. The van der Waals surface area contributed by atoms with Crippen LogP contribution in [0.25, 0.3) is 0 Å². The lowest BCUT2D eigenvalue weighted by Gasteiger charge is -2.33. The molecule has 1 N–H and O–H groups in total. The van der Waals surface area contributed by atoms with E-state index in [-0.39, 0.29) is 53.9 Å². The van der Waals surface area contributed by atoms with E-state index in [1.807, 2.05) is 20.8 Å². The van der Waals surface area contributed by atoms with Gasteiger partial charge < -0.3 is 15.0 Å². The molecule has 4 unspecified atom stereocenters. The molecule has 4 rings (SSSR count). The van der Waals surface area contributed by atoms with Crippen molar-refractivity contribution in [1.82, 2.24) is 15.1 Å². The van der Waals surface area contributed by atoms with Gasteiger partial charge in [-0.3, -0.25) is 19.3 Å². The van der Waals surface area contributed by atoms with Crippen LogP contribution in [-0.2, 0) is 19.1 Å². The molecular weight excluding hydrogens is 386 g/mol. The van der Waals surface area contributed by atoms with Gasteiger partial charge in [0.2, 0.25) is 17.7 Å². The Morgan fingerprint density at radius 3 is 2.17 bits per heavy atom. The van der Waals surface area contributed by atoms with Gasteiger partial charge in [0.1, 0.15) is 12.1 Å². The summed E-state index contributed by atoms with van der Waals surface area (Å²) in [5.41, 5.74) is -0.529. The number of ether oxygens (including phenoxy) is 1. The summed E-state index contributed by atoms with van der Waals surface area (Å²) in [5.74, 6) is -0.448. The van der Waals surface area contributed by atoms with Gasteiger partial charge in [0.05, 0.1) is 11.8 Å². The Bertz CT molecular complexity index is 748. The molecule has 30 heavy (non-hydrogen) atoms. The smallest absolute Gasteiger partial charge is 0.407 e. The number of likely N-dealkylation sites (tertiary alicyclic amines) is 2. The predicted octanol–water partition coefficient (Wildman–Crippen LogP) is 1.56. The van der Waals surface area contributed by atoms with E-state index in [9.17, 15) is 19.2 Å². The minimum absolute atomic E-state index is 0.148. The van der Waals surface area contributed by atoms with Gasteiger partial charge in [-0.05, 0) is 57.8 Å². The van der Waals surface area contributed by atoms with E-state index in [0.717, 1.165) is 19.3 Å². The van der Waals surface area contributed by atoms with Crippen molar-refractivity contribution in [3.05, 3.63) is 12.2 Å². The van der Waals surface area contributed by atoms with Crippen LogP contribution >= 0.6 is 0 Å². The molecule has 8 heteroatoms. The molecule has 0 aromatic carbocycles. The summed E-state index contributed by atoms with van der Waals surface area (Å²) in [4.78, 5) is 53.0. The predicted molar refractivity (Wildman–Crippen MR) is 108 cm³/mol. The maximum atomic E-state index is 12.8. The summed E-state index contributed by atoms with van der Waals surface area (Å²) in [6.45, 7) is 6.96. The molecule has 2 bridgehead atoms. The number of imide groups is 1. The molecule has 2 aliphatic heterocycles. The number of carbonyl (C=O) groups excluding carboxylic acids is 4.